The molecule has 2 aromatic rings. The van der Waals surface area contributed by atoms with E-state index in [1.165, 1.54) is 5.56 Å². The molecule has 21 heavy (non-hydrogen) atoms. The van der Waals surface area contributed by atoms with Crippen molar-refractivity contribution >= 4 is 11.6 Å². The highest BCUT2D eigenvalue weighted by Gasteiger charge is 2.13. The number of likely N-dealkylation sites (N-methyl/N-ethyl adjacent to an activating group) is 1. The van der Waals surface area contributed by atoms with Crippen LogP contribution in [0.5, 0.6) is 0 Å². The Hall–Kier alpha value is -1.42. The highest BCUT2D eigenvalue weighted by molar-refractivity contribution is 6.30. The summed E-state index contributed by atoms with van der Waals surface area (Å²) in [6.07, 6.45) is 0. The first kappa shape index (κ1) is 16.0. The second-order valence-electron chi connectivity index (χ2n) is 5.32. The van der Waals surface area contributed by atoms with Gasteiger partial charge < -0.3 is 10.2 Å². The van der Waals surface area contributed by atoms with Gasteiger partial charge in [-0.1, -0.05) is 54.1 Å². The van der Waals surface area contributed by atoms with Gasteiger partial charge in [0, 0.05) is 24.7 Å². The van der Waals surface area contributed by atoms with E-state index in [2.05, 4.69) is 22.3 Å². The van der Waals surface area contributed by atoms with Crippen molar-refractivity contribution in [1.82, 2.24) is 10.2 Å². The van der Waals surface area contributed by atoms with Gasteiger partial charge in [-0.25, -0.2) is 4.39 Å². The topological polar surface area (TPSA) is 15.3 Å². The van der Waals surface area contributed by atoms with E-state index in [1.807, 2.05) is 32.3 Å². The van der Waals surface area contributed by atoms with Gasteiger partial charge in [0.25, 0.3) is 0 Å². The van der Waals surface area contributed by atoms with Crippen molar-refractivity contribution in [3.8, 4) is 0 Å². The van der Waals surface area contributed by atoms with Crippen LogP contribution in [-0.2, 0) is 6.54 Å². The van der Waals surface area contributed by atoms with E-state index in [1.54, 1.807) is 18.2 Å². The summed E-state index contributed by atoms with van der Waals surface area (Å²) in [5, 5.41) is 3.58. The molecule has 0 aliphatic rings. The molecule has 0 heterocycles. The van der Waals surface area contributed by atoms with Gasteiger partial charge in [0.1, 0.15) is 5.82 Å². The molecular formula is C17H20ClFN2. The average Bonchev–Trinajstić information content (AvgIpc) is 2.48. The van der Waals surface area contributed by atoms with Gasteiger partial charge in [0.15, 0.2) is 0 Å². The molecule has 0 radical (unpaired) electrons. The zero-order valence-corrected chi connectivity index (χ0v) is 13.1. The van der Waals surface area contributed by atoms with Gasteiger partial charge in [-0.15, -0.1) is 0 Å². The molecular weight excluding hydrogens is 287 g/mol. The molecule has 0 amide bonds. The molecule has 112 valence electrons. The first-order valence-electron chi connectivity index (χ1n) is 6.94. The molecule has 1 atom stereocenters. The minimum Gasteiger partial charge on any atom is -0.308 e. The Labute approximate surface area is 130 Å². The fourth-order valence-corrected chi connectivity index (χ4v) is 2.45. The maximum atomic E-state index is 13.9. The molecule has 1 unspecified atom stereocenters. The van der Waals surface area contributed by atoms with E-state index in [9.17, 15) is 4.39 Å². The summed E-state index contributed by atoms with van der Waals surface area (Å²) < 4.78 is 13.9. The van der Waals surface area contributed by atoms with E-state index >= 15 is 0 Å². The smallest absolute Gasteiger partial charge is 0.146 e. The van der Waals surface area contributed by atoms with Crippen LogP contribution in [0.4, 0.5) is 4.39 Å². The molecule has 4 heteroatoms. The number of hydrogen-bond donors (Lipinski definition) is 1. The minimum atomic E-state index is -0.344. The first-order chi connectivity index (χ1) is 10.1. The lowest BCUT2D eigenvalue weighted by molar-refractivity contribution is 0.339. The third-order valence-corrected chi connectivity index (χ3v) is 3.61. The lowest BCUT2D eigenvalue weighted by Crippen LogP contribution is -2.31. The number of nitrogens with one attached hydrogen (secondary N) is 1. The van der Waals surface area contributed by atoms with E-state index in [4.69, 9.17) is 11.6 Å². The quantitative estimate of drug-likeness (QED) is 0.871. The lowest BCUT2D eigenvalue weighted by Gasteiger charge is -2.23. The van der Waals surface area contributed by atoms with Crippen molar-refractivity contribution in [2.24, 2.45) is 0 Å². The van der Waals surface area contributed by atoms with E-state index in [0.29, 0.717) is 12.1 Å². The van der Waals surface area contributed by atoms with E-state index < -0.39 is 0 Å². The average molecular weight is 307 g/mol. The maximum Gasteiger partial charge on any atom is 0.146 e. The number of nitrogens with zero attached hydrogens (tertiary/aromatic N) is 1. The van der Waals surface area contributed by atoms with Crippen LogP contribution in [-0.4, -0.2) is 25.5 Å². The molecule has 2 aromatic carbocycles. The Morgan fingerprint density at radius 1 is 1.10 bits per heavy atom. The third kappa shape index (κ3) is 4.53. The molecule has 0 aromatic heterocycles. The number of rotatable bonds is 6. The zero-order valence-electron chi connectivity index (χ0n) is 12.3. The molecule has 0 bridgehead atoms. The Bertz CT molecular complexity index is 572. The fraction of sp³-hybridized carbons (Fsp3) is 0.294. The Balaban J connectivity index is 2.11. The van der Waals surface area contributed by atoms with Gasteiger partial charge in [0.2, 0.25) is 0 Å². The summed E-state index contributed by atoms with van der Waals surface area (Å²) in [6.45, 7) is 1.28. The predicted molar refractivity (Wildman–Crippen MR) is 86.0 cm³/mol. The van der Waals surface area contributed by atoms with Gasteiger partial charge >= 0.3 is 0 Å². The van der Waals surface area contributed by atoms with Crippen molar-refractivity contribution in [2.75, 3.05) is 20.6 Å². The van der Waals surface area contributed by atoms with Crippen LogP contribution in [0.15, 0.2) is 48.5 Å². The van der Waals surface area contributed by atoms with Crippen molar-refractivity contribution in [1.29, 1.82) is 0 Å². The molecule has 0 saturated heterocycles. The standard InChI is InChI=1S/C17H20ClFN2/c1-21(2)12-16(13-7-4-3-5-8-13)20-11-14-9-6-10-15(18)17(14)19/h3-10,16,20H,11-12H2,1-2H3. The molecule has 1 N–H and O–H groups in total. The van der Waals surface area contributed by atoms with E-state index in [-0.39, 0.29) is 16.9 Å². The van der Waals surface area contributed by atoms with Crippen molar-refractivity contribution < 1.29 is 4.39 Å². The third-order valence-electron chi connectivity index (χ3n) is 3.32. The van der Waals surface area contributed by atoms with Crippen LogP contribution in [0, 0.1) is 5.82 Å². The molecule has 0 fully saturated rings. The highest BCUT2D eigenvalue weighted by Crippen LogP contribution is 2.19. The highest BCUT2D eigenvalue weighted by atomic mass is 35.5. The Kier molecular flexibility index (Phi) is 5.74. The second kappa shape index (κ2) is 7.55. The molecule has 2 rings (SSSR count). The van der Waals surface area contributed by atoms with Crippen LogP contribution in [0.2, 0.25) is 5.02 Å². The molecule has 0 spiro atoms. The van der Waals surface area contributed by atoms with Crippen LogP contribution >= 0.6 is 11.6 Å². The van der Waals surface area contributed by atoms with Gasteiger partial charge in [-0.3, -0.25) is 0 Å². The molecule has 0 saturated carbocycles. The number of benzene rings is 2. The van der Waals surface area contributed by atoms with Crippen molar-refractivity contribution in [3.63, 3.8) is 0 Å². The van der Waals surface area contributed by atoms with Crippen molar-refractivity contribution in [3.05, 3.63) is 70.5 Å². The summed E-state index contributed by atoms with van der Waals surface area (Å²) in [5.74, 6) is -0.344. The number of hydrogen-bond acceptors (Lipinski definition) is 2. The van der Waals surface area contributed by atoms with Crippen LogP contribution < -0.4 is 5.32 Å². The number of halogens is 2. The summed E-state index contributed by atoms with van der Waals surface area (Å²) in [5.41, 5.74) is 1.77. The summed E-state index contributed by atoms with van der Waals surface area (Å²) in [7, 11) is 4.05. The predicted octanol–water partition coefficient (Wildman–Crippen LogP) is 3.87. The summed E-state index contributed by atoms with van der Waals surface area (Å²) >= 11 is 5.82. The first-order valence-corrected chi connectivity index (χ1v) is 7.31. The normalized spacial score (nSPS) is 12.6. The summed E-state index contributed by atoms with van der Waals surface area (Å²) in [4.78, 5) is 2.11. The van der Waals surface area contributed by atoms with Crippen molar-refractivity contribution in [2.45, 2.75) is 12.6 Å². The lowest BCUT2D eigenvalue weighted by atomic mass is 10.1. The second-order valence-corrected chi connectivity index (χ2v) is 5.73. The van der Waals surface area contributed by atoms with Crippen LogP contribution in [0.1, 0.15) is 17.2 Å². The minimum absolute atomic E-state index is 0.139. The zero-order chi connectivity index (χ0) is 15.2. The Morgan fingerprint density at radius 3 is 2.48 bits per heavy atom. The Morgan fingerprint density at radius 2 is 1.81 bits per heavy atom. The van der Waals surface area contributed by atoms with Gasteiger partial charge in [-0.2, -0.15) is 0 Å². The fourth-order valence-electron chi connectivity index (χ4n) is 2.26. The van der Waals surface area contributed by atoms with Gasteiger partial charge in [-0.05, 0) is 25.7 Å². The van der Waals surface area contributed by atoms with Crippen LogP contribution in [0.25, 0.3) is 0 Å². The summed E-state index contributed by atoms with van der Waals surface area (Å²) in [6, 6.07) is 15.4. The van der Waals surface area contributed by atoms with E-state index in [0.717, 1.165) is 6.54 Å². The molecule has 0 aliphatic heterocycles. The maximum absolute atomic E-state index is 13.9. The van der Waals surface area contributed by atoms with Crippen LogP contribution in [0.3, 0.4) is 0 Å². The molecule has 2 nitrogen and oxygen atoms in total. The van der Waals surface area contributed by atoms with Gasteiger partial charge in [0.05, 0.1) is 5.02 Å². The largest absolute Gasteiger partial charge is 0.308 e. The SMILES string of the molecule is CN(C)CC(NCc1cccc(Cl)c1F)c1ccccc1. The monoisotopic (exact) mass is 306 g/mol. The molecule has 0 aliphatic carbocycles.